The molecule has 4 heteroatoms. The molecule has 5 aliphatic carbocycles. The molecule has 2 bridgehead atoms. The molecule has 1 saturated heterocycles. The van der Waals surface area contributed by atoms with E-state index in [2.05, 4.69) is 48.5 Å². The molecule has 0 aromatic rings. The van der Waals surface area contributed by atoms with Crippen LogP contribution in [0.25, 0.3) is 0 Å². The highest BCUT2D eigenvalue weighted by Gasteiger charge is 2.80. The third kappa shape index (κ3) is 2.82. The Morgan fingerprint density at radius 1 is 0.861 bits per heavy atom. The molecule has 5 saturated carbocycles. The first-order valence-electron chi connectivity index (χ1n) is 15.1. The lowest BCUT2D eigenvalue weighted by molar-refractivity contribution is -0.319. The Balaban J connectivity index is 1.41. The van der Waals surface area contributed by atoms with Crippen molar-refractivity contribution < 1.29 is 19.4 Å². The van der Waals surface area contributed by atoms with E-state index in [-0.39, 0.29) is 39.1 Å². The van der Waals surface area contributed by atoms with Gasteiger partial charge in [-0.15, -0.1) is 0 Å². The Labute approximate surface area is 219 Å². The second-order valence-corrected chi connectivity index (χ2v) is 16.5. The number of carbonyl (C=O) groups excluding carboxylic acids is 1. The summed E-state index contributed by atoms with van der Waals surface area (Å²) in [5, 5.41) is 12.3. The summed E-state index contributed by atoms with van der Waals surface area (Å²) in [6.07, 6.45) is 11.0. The van der Waals surface area contributed by atoms with Crippen molar-refractivity contribution in [2.75, 3.05) is 6.61 Å². The van der Waals surface area contributed by atoms with Gasteiger partial charge in [-0.2, -0.15) is 0 Å². The summed E-state index contributed by atoms with van der Waals surface area (Å²) < 4.78 is 13.0. The van der Waals surface area contributed by atoms with Crippen LogP contribution < -0.4 is 0 Å². The molecule has 1 heterocycles. The van der Waals surface area contributed by atoms with E-state index in [4.69, 9.17) is 9.47 Å². The molecule has 6 fully saturated rings. The molecule has 204 valence electrons. The number of esters is 1. The molecular weight excluding hydrogens is 448 g/mol. The number of hydrogen-bond donors (Lipinski definition) is 1. The van der Waals surface area contributed by atoms with Gasteiger partial charge in [-0.25, -0.2) is 0 Å². The summed E-state index contributed by atoms with van der Waals surface area (Å²) in [5.41, 5.74) is 0.405. The predicted octanol–water partition coefficient (Wildman–Crippen LogP) is 6.92. The number of rotatable bonds is 1. The first-order chi connectivity index (χ1) is 16.6. The molecular formula is C32H52O4. The minimum absolute atomic E-state index is 0.00851. The number of fused-ring (bicyclic) bond motifs is 4. The van der Waals surface area contributed by atoms with Crippen molar-refractivity contribution in [1.82, 2.24) is 0 Å². The highest BCUT2D eigenvalue weighted by atomic mass is 16.5. The molecule has 0 unspecified atom stereocenters. The van der Waals surface area contributed by atoms with Crippen LogP contribution in [0.1, 0.15) is 120 Å². The monoisotopic (exact) mass is 500 g/mol. The van der Waals surface area contributed by atoms with Gasteiger partial charge in [0.25, 0.3) is 0 Å². The number of carbonyl (C=O) groups is 1. The van der Waals surface area contributed by atoms with Gasteiger partial charge in [0.2, 0.25) is 0 Å². The molecule has 0 aromatic carbocycles. The highest BCUT2D eigenvalue weighted by molar-refractivity contribution is 5.66. The third-order valence-electron chi connectivity index (χ3n) is 14.4. The molecule has 1 aliphatic heterocycles. The molecule has 0 amide bonds. The lowest BCUT2D eigenvalue weighted by Crippen LogP contribution is -2.76. The van der Waals surface area contributed by atoms with Gasteiger partial charge in [0.05, 0.1) is 12.7 Å². The highest BCUT2D eigenvalue weighted by Crippen LogP contribution is 2.80. The minimum atomic E-state index is -0.401. The average Bonchev–Trinajstić information content (AvgIpc) is 3.02. The maximum absolute atomic E-state index is 12.3. The quantitative estimate of drug-likeness (QED) is 0.397. The van der Waals surface area contributed by atoms with Crippen LogP contribution in [-0.4, -0.2) is 35.5 Å². The van der Waals surface area contributed by atoms with Crippen molar-refractivity contribution >= 4 is 5.97 Å². The Morgan fingerprint density at radius 2 is 1.56 bits per heavy atom. The summed E-state index contributed by atoms with van der Waals surface area (Å²) in [6.45, 7) is 19.6. The van der Waals surface area contributed by atoms with E-state index >= 15 is 0 Å². The molecule has 0 aromatic heterocycles. The summed E-state index contributed by atoms with van der Waals surface area (Å²) in [4.78, 5) is 11.9. The van der Waals surface area contributed by atoms with E-state index < -0.39 is 11.7 Å². The third-order valence-corrected chi connectivity index (χ3v) is 14.4. The molecule has 4 nitrogen and oxygen atoms in total. The van der Waals surface area contributed by atoms with Crippen LogP contribution in [-0.2, 0) is 14.3 Å². The number of hydrogen-bond acceptors (Lipinski definition) is 4. The zero-order chi connectivity index (χ0) is 26.2. The summed E-state index contributed by atoms with van der Waals surface area (Å²) in [6, 6.07) is 0. The van der Waals surface area contributed by atoms with Crippen LogP contribution in [0.3, 0.4) is 0 Å². The second-order valence-electron chi connectivity index (χ2n) is 16.5. The van der Waals surface area contributed by atoms with E-state index in [1.807, 2.05) is 0 Å². The molecule has 1 spiro atoms. The molecule has 10 atom stereocenters. The minimum Gasteiger partial charge on any atom is -0.462 e. The Bertz CT molecular complexity index is 956. The Hall–Kier alpha value is -0.610. The van der Waals surface area contributed by atoms with Crippen LogP contribution in [0.15, 0.2) is 0 Å². The van der Waals surface area contributed by atoms with Gasteiger partial charge in [-0.3, -0.25) is 4.79 Å². The molecule has 6 aliphatic rings. The maximum Gasteiger partial charge on any atom is 0.302 e. The lowest BCUT2D eigenvalue weighted by Gasteiger charge is -2.75. The summed E-state index contributed by atoms with van der Waals surface area (Å²) >= 11 is 0. The van der Waals surface area contributed by atoms with Crippen molar-refractivity contribution in [2.24, 2.45) is 50.2 Å². The van der Waals surface area contributed by atoms with E-state index in [1.165, 1.54) is 44.9 Å². The second kappa shape index (κ2) is 7.32. The zero-order valence-electron chi connectivity index (χ0n) is 24.3. The van der Waals surface area contributed by atoms with Crippen LogP contribution in [0.4, 0.5) is 0 Å². The average molecular weight is 501 g/mol. The van der Waals surface area contributed by atoms with Gasteiger partial charge in [0.1, 0.15) is 11.7 Å². The number of aliphatic hydroxyl groups is 1. The van der Waals surface area contributed by atoms with E-state index in [1.54, 1.807) is 6.92 Å². The van der Waals surface area contributed by atoms with E-state index in [0.717, 1.165) is 25.9 Å². The van der Waals surface area contributed by atoms with Crippen LogP contribution in [0, 0.1) is 50.2 Å². The fourth-order valence-electron chi connectivity index (χ4n) is 12.3. The SMILES string of the molecule is CC(=O)O[C@H]1CC[C@]2(C)[C@H]3C[C@H](O)[C@]45OC[C@@]6(CCC(C)(C)C[C@H]64)CC[C@@]5(C)[C@]3(C)CC[C@H]2C1(C)C. The fraction of sp³-hybridized carbons (Fsp3) is 0.969. The fourth-order valence-corrected chi connectivity index (χ4v) is 12.3. The van der Waals surface area contributed by atoms with Crippen LogP contribution >= 0.6 is 0 Å². The van der Waals surface area contributed by atoms with Gasteiger partial charge < -0.3 is 14.6 Å². The Morgan fingerprint density at radius 3 is 2.25 bits per heavy atom. The predicted molar refractivity (Wildman–Crippen MR) is 141 cm³/mol. The molecule has 6 rings (SSSR count). The van der Waals surface area contributed by atoms with Crippen molar-refractivity contribution in [3.63, 3.8) is 0 Å². The molecule has 36 heavy (non-hydrogen) atoms. The summed E-state index contributed by atoms with van der Waals surface area (Å²) in [7, 11) is 0. The van der Waals surface area contributed by atoms with Crippen molar-refractivity contribution in [3.8, 4) is 0 Å². The van der Waals surface area contributed by atoms with Gasteiger partial charge in [0.15, 0.2) is 0 Å². The van der Waals surface area contributed by atoms with Crippen molar-refractivity contribution in [1.29, 1.82) is 0 Å². The van der Waals surface area contributed by atoms with Crippen LogP contribution in [0.5, 0.6) is 0 Å². The largest absolute Gasteiger partial charge is 0.462 e. The van der Waals surface area contributed by atoms with Crippen LogP contribution in [0.2, 0.25) is 0 Å². The normalized spacial score (nSPS) is 56.5. The Kier molecular flexibility index (Phi) is 5.21. The van der Waals surface area contributed by atoms with E-state index in [9.17, 15) is 9.90 Å². The topological polar surface area (TPSA) is 55.8 Å². The molecule has 0 radical (unpaired) electrons. The first-order valence-corrected chi connectivity index (χ1v) is 15.1. The van der Waals surface area contributed by atoms with Crippen molar-refractivity contribution in [2.45, 2.75) is 137 Å². The number of aliphatic hydroxyl groups excluding tert-OH is 1. The summed E-state index contributed by atoms with van der Waals surface area (Å²) in [5.74, 6) is 1.27. The number of ether oxygens (including phenoxy) is 2. The maximum atomic E-state index is 12.3. The van der Waals surface area contributed by atoms with Gasteiger partial charge in [-0.1, -0.05) is 48.5 Å². The van der Waals surface area contributed by atoms with E-state index in [0.29, 0.717) is 23.2 Å². The lowest BCUT2D eigenvalue weighted by atomic mass is 9.30. The zero-order valence-corrected chi connectivity index (χ0v) is 24.3. The molecule has 1 N–H and O–H groups in total. The smallest absolute Gasteiger partial charge is 0.302 e. The first kappa shape index (κ1) is 25.7. The standard InChI is InChI=1S/C32H52O4/c1-20(33)36-25-10-11-28(6)21(27(25,4)5)9-12-29(7)22(28)17-24(34)32-23-18-26(2,3)13-15-31(23,19-35-32)16-14-30(29,32)8/h21-25,34H,9-19H2,1-8H3/t21-,22+,23+,24-,25-,28-,29+,30-,31+,32+/m0/s1. The van der Waals surface area contributed by atoms with Crippen molar-refractivity contribution in [3.05, 3.63) is 0 Å². The van der Waals surface area contributed by atoms with Gasteiger partial charge in [0, 0.05) is 17.8 Å². The van der Waals surface area contributed by atoms with Gasteiger partial charge in [-0.05, 0) is 104 Å². The van der Waals surface area contributed by atoms with Gasteiger partial charge >= 0.3 is 5.97 Å².